The van der Waals surface area contributed by atoms with Crippen LogP contribution in [0.5, 0.6) is 0 Å². The Morgan fingerprint density at radius 2 is 1.93 bits per heavy atom. The summed E-state index contributed by atoms with van der Waals surface area (Å²) in [5.41, 5.74) is 2.09. The SMILES string of the molecule is CCn1nc(C(=O)N(Cc2ccccc2)c2nc3c(F)cc(F)cc3s2)cc1C. The van der Waals surface area contributed by atoms with E-state index in [1.165, 1.54) is 11.0 Å². The number of benzene rings is 2. The van der Waals surface area contributed by atoms with Crippen molar-refractivity contribution in [3.63, 3.8) is 0 Å². The average Bonchev–Trinajstić information content (AvgIpc) is 3.29. The topological polar surface area (TPSA) is 51.0 Å². The van der Waals surface area contributed by atoms with Gasteiger partial charge >= 0.3 is 0 Å². The number of hydrogen-bond donors (Lipinski definition) is 0. The second kappa shape index (κ2) is 7.71. The third kappa shape index (κ3) is 3.75. The number of carbonyl (C=O) groups is 1. The van der Waals surface area contributed by atoms with Gasteiger partial charge in [0.1, 0.15) is 11.3 Å². The number of aromatic nitrogens is 3. The molecule has 148 valence electrons. The van der Waals surface area contributed by atoms with E-state index < -0.39 is 11.6 Å². The molecule has 4 rings (SSSR count). The van der Waals surface area contributed by atoms with E-state index in [-0.39, 0.29) is 23.7 Å². The summed E-state index contributed by atoms with van der Waals surface area (Å²) in [5, 5.41) is 4.66. The highest BCUT2D eigenvalue weighted by molar-refractivity contribution is 7.22. The van der Waals surface area contributed by atoms with Gasteiger partial charge in [0.2, 0.25) is 0 Å². The van der Waals surface area contributed by atoms with Gasteiger partial charge in [-0.05, 0) is 31.5 Å². The zero-order valence-electron chi connectivity index (χ0n) is 15.9. The first-order valence-electron chi connectivity index (χ1n) is 9.12. The number of amides is 1. The van der Waals surface area contributed by atoms with E-state index >= 15 is 0 Å². The maximum atomic E-state index is 14.2. The van der Waals surface area contributed by atoms with Gasteiger partial charge in [-0.1, -0.05) is 41.7 Å². The maximum absolute atomic E-state index is 14.2. The monoisotopic (exact) mass is 412 g/mol. The summed E-state index contributed by atoms with van der Waals surface area (Å²) < 4.78 is 29.9. The fraction of sp³-hybridized carbons (Fsp3) is 0.190. The molecule has 0 saturated heterocycles. The first kappa shape index (κ1) is 19.2. The lowest BCUT2D eigenvalue weighted by molar-refractivity contribution is 0.0979. The minimum absolute atomic E-state index is 0.0486. The normalized spacial score (nSPS) is 11.2. The van der Waals surface area contributed by atoms with E-state index in [0.717, 1.165) is 28.7 Å². The molecule has 0 atom stereocenters. The van der Waals surface area contributed by atoms with Crippen LogP contribution in [-0.2, 0) is 13.1 Å². The van der Waals surface area contributed by atoms with Gasteiger partial charge in [0.05, 0.1) is 11.2 Å². The number of carbonyl (C=O) groups excluding carboxylic acids is 1. The zero-order chi connectivity index (χ0) is 20.5. The average molecular weight is 412 g/mol. The van der Waals surface area contributed by atoms with E-state index in [4.69, 9.17) is 0 Å². The Bertz CT molecular complexity index is 1190. The Kier molecular flexibility index (Phi) is 5.10. The van der Waals surface area contributed by atoms with Crippen LogP contribution in [0, 0.1) is 18.6 Å². The molecule has 0 fully saturated rings. The van der Waals surface area contributed by atoms with Gasteiger partial charge in [0.25, 0.3) is 5.91 Å². The van der Waals surface area contributed by atoms with Crippen LogP contribution in [0.1, 0.15) is 28.7 Å². The molecule has 2 aromatic carbocycles. The largest absolute Gasteiger partial charge is 0.280 e. The van der Waals surface area contributed by atoms with E-state index in [0.29, 0.717) is 16.4 Å². The van der Waals surface area contributed by atoms with Crippen LogP contribution in [0.2, 0.25) is 0 Å². The highest BCUT2D eigenvalue weighted by Crippen LogP contribution is 2.32. The van der Waals surface area contributed by atoms with Crippen molar-refractivity contribution in [1.82, 2.24) is 14.8 Å². The van der Waals surface area contributed by atoms with Crippen molar-refractivity contribution < 1.29 is 13.6 Å². The fourth-order valence-corrected chi connectivity index (χ4v) is 4.13. The minimum atomic E-state index is -0.749. The van der Waals surface area contributed by atoms with Crippen molar-refractivity contribution in [2.24, 2.45) is 0 Å². The highest BCUT2D eigenvalue weighted by atomic mass is 32.1. The van der Waals surface area contributed by atoms with Crippen LogP contribution in [0.3, 0.4) is 0 Å². The first-order valence-corrected chi connectivity index (χ1v) is 9.93. The summed E-state index contributed by atoms with van der Waals surface area (Å²) in [7, 11) is 0. The molecule has 0 unspecified atom stereocenters. The second-order valence-corrected chi connectivity index (χ2v) is 7.60. The van der Waals surface area contributed by atoms with Gasteiger partial charge in [-0.25, -0.2) is 13.8 Å². The van der Waals surface area contributed by atoms with E-state index in [1.54, 1.807) is 10.7 Å². The quantitative estimate of drug-likeness (QED) is 0.466. The van der Waals surface area contributed by atoms with Crippen molar-refractivity contribution in [3.8, 4) is 0 Å². The first-order chi connectivity index (χ1) is 14.0. The molecule has 2 heterocycles. The van der Waals surface area contributed by atoms with Gasteiger partial charge in [-0.15, -0.1) is 0 Å². The molecule has 2 aromatic heterocycles. The number of nitrogens with zero attached hydrogens (tertiary/aromatic N) is 4. The molecule has 8 heteroatoms. The molecule has 0 aliphatic rings. The van der Waals surface area contributed by atoms with Crippen LogP contribution < -0.4 is 4.90 Å². The smallest absolute Gasteiger partial charge is 0.278 e. The summed E-state index contributed by atoms with van der Waals surface area (Å²) in [6.07, 6.45) is 0. The van der Waals surface area contributed by atoms with Crippen LogP contribution in [0.4, 0.5) is 13.9 Å². The Morgan fingerprint density at radius 1 is 1.17 bits per heavy atom. The molecule has 0 N–H and O–H groups in total. The molecule has 0 aliphatic carbocycles. The predicted octanol–water partition coefficient (Wildman–Crippen LogP) is 4.95. The number of thiazole rings is 1. The molecule has 0 spiro atoms. The zero-order valence-corrected chi connectivity index (χ0v) is 16.7. The summed E-state index contributed by atoms with van der Waals surface area (Å²) in [4.78, 5) is 19.1. The molecule has 0 aliphatic heterocycles. The predicted molar refractivity (Wildman–Crippen MR) is 109 cm³/mol. The summed E-state index contributed by atoms with van der Waals surface area (Å²) in [5.74, 6) is -1.77. The summed E-state index contributed by atoms with van der Waals surface area (Å²) >= 11 is 1.07. The molecule has 5 nitrogen and oxygen atoms in total. The fourth-order valence-electron chi connectivity index (χ4n) is 3.13. The lowest BCUT2D eigenvalue weighted by Gasteiger charge is -2.19. The lowest BCUT2D eigenvalue weighted by atomic mass is 10.2. The number of aryl methyl sites for hydroxylation is 2. The van der Waals surface area contributed by atoms with Crippen molar-refractivity contribution in [2.75, 3.05) is 4.90 Å². The van der Waals surface area contributed by atoms with Gasteiger partial charge in [-0.3, -0.25) is 14.4 Å². The minimum Gasteiger partial charge on any atom is -0.278 e. The molecular formula is C21H18F2N4OS. The van der Waals surface area contributed by atoms with Crippen LogP contribution in [0.25, 0.3) is 10.2 Å². The summed E-state index contributed by atoms with van der Waals surface area (Å²) in [6, 6.07) is 13.2. The Labute approximate surface area is 170 Å². The number of rotatable bonds is 5. The van der Waals surface area contributed by atoms with Crippen molar-refractivity contribution in [1.29, 1.82) is 0 Å². The molecule has 0 bridgehead atoms. The third-order valence-electron chi connectivity index (χ3n) is 4.56. The molecule has 4 aromatic rings. The molecule has 1 amide bonds. The summed E-state index contributed by atoms with van der Waals surface area (Å²) in [6.45, 7) is 4.70. The van der Waals surface area contributed by atoms with Gasteiger partial charge in [-0.2, -0.15) is 5.10 Å². The maximum Gasteiger partial charge on any atom is 0.280 e. The van der Waals surface area contributed by atoms with Crippen LogP contribution in [-0.4, -0.2) is 20.7 Å². The number of hydrogen-bond acceptors (Lipinski definition) is 4. The molecular weight excluding hydrogens is 394 g/mol. The highest BCUT2D eigenvalue weighted by Gasteiger charge is 2.25. The van der Waals surface area contributed by atoms with Gasteiger partial charge in [0, 0.05) is 18.3 Å². The second-order valence-electron chi connectivity index (χ2n) is 6.59. The number of anilines is 1. The molecule has 0 saturated carbocycles. The third-order valence-corrected chi connectivity index (χ3v) is 5.59. The van der Waals surface area contributed by atoms with Gasteiger partial charge in [0.15, 0.2) is 16.6 Å². The number of halogens is 2. The van der Waals surface area contributed by atoms with Crippen molar-refractivity contribution in [3.05, 3.63) is 77.1 Å². The Hall–Kier alpha value is -3.13. The molecule has 0 radical (unpaired) electrons. The van der Waals surface area contributed by atoms with Crippen LogP contribution >= 0.6 is 11.3 Å². The van der Waals surface area contributed by atoms with E-state index in [1.807, 2.05) is 44.2 Å². The Morgan fingerprint density at radius 3 is 2.62 bits per heavy atom. The number of fused-ring (bicyclic) bond motifs is 1. The lowest BCUT2D eigenvalue weighted by Crippen LogP contribution is -2.30. The van der Waals surface area contributed by atoms with E-state index in [9.17, 15) is 13.6 Å². The molecule has 29 heavy (non-hydrogen) atoms. The van der Waals surface area contributed by atoms with Crippen molar-refractivity contribution in [2.45, 2.75) is 26.9 Å². The van der Waals surface area contributed by atoms with E-state index in [2.05, 4.69) is 10.1 Å². The van der Waals surface area contributed by atoms with Crippen LogP contribution in [0.15, 0.2) is 48.5 Å². The van der Waals surface area contributed by atoms with Crippen molar-refractivity contribution >= 4 is 32.6 Å². The van der Waals surface area contributed by atoms with Gasteiger partial charge < -0.3 is 0 Å². The standard InChI is InChI=1S/C21H18F2N4OS/c1-3-27-13(2)9-17(25-27)20(28)26(12-14-7-5-4-6-8-14)21-24-19-16(23)10-15(22)11-18(19)29-21/h4-11H,3,12H2,1-2H3. The Balaban J connectivity index is 1.79.